The summed E-state index contributed by atoms with van der Waals surface area (Å²) in [5, 5.41) is 12.9. The van der Waals surface area contributed by atoms with Crippen molar-refractivity contribution in [1.29, 1.82) is 5.26 Å². The third-order valence-corrected chi connectivity index (χ3v) is 3.41. The Morgan fingerprint density at radius 1 is 1.42 bits per heavy atom. The van der Waals surface area contributed by atoms with Gasteiger partial charge >= 0.3 is 0 Å². The van der Waals surface area contributed by atoms with Crippen molar-refractivity contribution < 1.29 is 0 Å². The summed E-state index contributed by atoms with van der Waals surface area (Å²) in [6.07, 6.45) is 7.20. The van der Waals surface area contributed by atoms with Crippen LogP contribution >= 0.6 is 0 Å². The number of rotatable bonds is 3. The summed E-state index contributed by atoms with van der Waals surface area (Å²) in [6.45, 7) is 1.82. The van der Waals surface area contributed by atoms with Gasteiger partial charge in [0.2, 0.25) is 0 Å². The molecule has 2 aromatic heterocycles. The molecule has 0 spiro atoms. The SMILES string of the molecule is N#Cc1ccc(N2CCC[C@H]2Cn2cncn2)nc1. The molecule has 1 fully saturated rings. The summed E-state index contributed by atoms with van der Waals surface area (Å²) in [7, 11) is 0. The molecule has 0 aliphatic carbocycles. The van der Waals surface area contributed by atoms with Gasteiger partial charge in [0.05, 0.1) is 18.2 Å². The van der Waals surface area contributed by atoms with Crippen LogP contribution in [-0.2, 0) is 6.54 Å². The van der Waals surface area contributed by atoms with Crippen LogP contribution in [0, 0.1) is 11.3 Å². The summed E-state index contributed by atoms with van der Waals surface area (Å²) in [4.78, 5) is 10.6. The lowest BCUT2D eigenvalue weighted by molar-refractivity contribution is 0.506. The summed E-state index contributed by atoms with van der Waals surface area (Å²) in [5.74, 6) is 0.932. The molecule has 19 heavy (non-hydrogen) atoms. The molecule has 0 radical (unpaired) electrons. The van der Waals surface area contributed by atoms with Crippen molar-refractivity contribution in [2.45, 2.75) is 25.4 Å². The first-order valence-electron chi connectivity index (χ1n) is 6.32. The van der Waals surface area contributed by atoms with Gasteiger partial charge in [0.25, 0.3) is 0 Å². The Hall–Kier alpha value is -2.42. The first-order chi connectivity index (χ1) is 9.36. The van der Waals surface area contributed by atoms with Crippen LogP contribution in [0.5, 0.6) is 0 Å². The van der Waals surface area contributed by atoms with Crippen molar-refractivity contribution in [3.8, 4) is 6.07 Å². The van der Waals surface area contributed by atoms with E-state index in [1.807, 2.05) is 16.8 Å². The zero-order valence-electron chi connectivity index (χ0n) is 10.5. The number of pyridine rings is 1. The second kappa shape index (κ2) is 5.06. The molecule has 1 atom stereocenters. The summed E-state index contributed by atoms with van der Waals surface area (Å²) in [5.41, 5.74) is 0.593. The Morgan fingerprint density at radius 2 is 2.37 bits per heavy atom. The van der Waals surface area contributed by atoms with Crippen molar-refractivity contribution in [3.63, 3.8) is 0 Å². The number of hydrogen-bond donors (Lipinski definition) is 0. The van der Waals surface area contributed by atoms with E-state index in [2.05, 4.69) is 26.0 Å². The van der Waals surface area contributed by atoms with E-state index in [0.29, 0.717) is 11.6 Å². The smallest absolute Gasteiger partial charge is 0.137 e. The molecule has 2 aromatic rings. The van der Waals surface area contributed by atoms with Gasteiger partial charge in [-0.25, -0.2) is 9.97 Å². The average molecular weight is 254 g/mol. The number of nitrogens with zero attached hydrogens (tertiary/aromatic N) is 6. The zero-order valence-corrected chi connectivity index (χ0v) is 10.5. The highest BCUT2D eigenvalue weighted by molar-refractivity contribution is 5.43. The van der Waals surface area contributed by atoms with Gasteiger partial charge in [0.1, 0.15) is 24.5 Å². The van der Waals surface area contributed by atoms with Crippen molar-refractivity contribution in [2.75, 3.05) is 11.4 Å². The first-order valence-corrected chi connectivity index (χ1v) is 6.32. The Bertz CT molecular complexity index is 568. The molecule has 6 nitrogen and oxygen atoms in total. The van der Waals surface area contributed by atoms with Crippen LogP contribution in [0.25, 0.3) is 0 Å². The van der Waals surface area contributed by atoms with Crippen LogP contribution in [0.2, 0.25) is 0 Å². The highest BCUT2D eigenvalue weighted by atomic mass is 15.3. The molecular formula is C13H14N6. The maximum absolute atomic E-state index is 8.79. The fourth-order valence-electron chi connectivity index (χ4n) is 2.49. The van der Waals surface area contributed by atoms with Gasteiger partial charge in [-0.1, -0.05) is 0 Å². The van der Waals surface area contributed by atoms with Crippen molar-refractivity contribution >= 4 is 5.82 Å². The Labute approximate surface area is 111 Å². The number of hydrogen-bond acceptors (Lipinski definition) is 5. The minimum Gasteiger partial charge on any atom is -0.352 e. The summed E-state index contributed by atoms with van der Waals surface area (Å²) >= 11 is 0. The molecule has 6 heteroatoms. The average Bonchev–Trinajstić information content (AvgIpc) is 3.11. The molecule has 0 unspecified atom stereocenters. The maximum Gasteiger partial charge on any atom is 0.137 e. The lowest BCUT2D eigenvalue weighted by atomic mass is 10.2. The largest absolute Gasteiger partial charge is 0.352 e. The quantitative estimate of drug-likeness (QED) is 0.823. The van der Waals surface area contributed by atoms with E-state index >= 15 is 0 Å². The lowest BCUT2D eigenvalue weighted by Gasteiger charge is -2.25. The molecule has 0 amide bonds. The monoisotopic (exact) mass is 254 g/mol. The predicted molar refractivity (Wildman–Crippen MR) is 69.3 cm³/mol. The molecule has 0 N–H and O–H groups in total. The van der Waals surface area contributed by atoms with Gasteiger partial charge < -0.3 is 4.90 Å². The molecular weight excluding hydrogens is 240 g/mol. The van der Waals surface area contributed by atoms with Gasteiger partial charge in [-0.2, -0.15) is 10.4 Å². The fraction of sp³-hybridized carbons (Fsp3) is 0.385. The molecule has 1 aliphatic rings. The van der Waals surface area contributed by atoms with Gasteiger partial charge in [0.15, 0.2) is 0 Å². The Morgan fingerprint density at radius 3 is 3.05 bits per heavy atom. The highest BCUT2D eigenvalue weighted by Gasteiger charge is 2.26. The third-order valence-electron chi connectivity index (χ3n) is 3.41. The molecule has 3 heterocycles. The molecule has 96 valence electrons. The summed E-state index contributed by atoms with van der Waals surface area (Å²) in [6, 6.07) is 6.21. The fourth-order valence-corrected chi connectivity index (χ4v) is 2.49. The number of aromatic nitrogens is 4. The van der Waals surface area contributed by atoms with Gasteiger partial charge in [-0.05, 0) is 25.0 Å². The minimum absolute atomic E-state index is 0.391. The van der Waals surface area contributed by atoms with E-state index in [-0.39, 0.29) is 0 Å². The van der Waals surface area contributed by atoms with E-state index in [1.165, 1.54) is 0 Å². The predicted octanol–water partition coefficient (Wildman–Crippen LogP) is 1.21. The second-order valence-corrected chi connectivity index (χ2v) is 4.62. The molecule has 0 aromatic carbocycles. The van der Waals surface area contributed by atoms with Crippen LogP contribution in [0.3, 0.4) is 0 Å². The van der Waals surface area contributed by atoms with Crippen LogP contribution in [0.4, 0.5) is 5.82 Å². The zero-order chi connectivity index (χ0) is 13.1. The number of nitriles is 1. The van der Waals surface area contributed by atoms with Crippen molar-refractivity contribution in [2.24, 2.45) is 0 Å². The van der Waals surface area contributed by atoms with Crippen LogP contribution in [-0.4, -0.2) is 32.3 Å². The van der Waals surface area contributed by atoms with Crippen molar-refractivity contribution in [1.82, 2.24) is 19.7 Å². The highest BCUT2D eigenvalue weighted by Crippen LogP contribution is 2.24. The Balaban J connectivity index is 1.76. The first kappa shape index (κ1) is 11.7. The molecule has 0 bridgehead atoms. The second-order valence-electron chi connectivity index (χ2n) is 4.62. The van der Waals surface area contributed by atoms with Crippen LogP contribution < -0.4 is 4.90 Å². The molecule has 1 aliphatic heterocycles. The van der Waals surface area contributed by atoms with E-state index in [4.69, 9.17) is 5.26 Å². The van der Waals surface area contributed by atoms with E-state index in [0.717, 1.165) is 31.7 Å². The normalized spacial score (nSPS) is 18.5. The van der Waals surface area contributed by atoms with Gasteiger partial charge in [0, 0.05) is 12.7 Å². The number of anilines is 1. The third kappa shape index (κ3) is 2.40. The van der Waals surface area contributed by atoms with Crippen LogP contribution in [0.15, 0.2) is 31.0 Å². The molecule has 3 rings (SSSR count). The standard InChI is InChI=1S/C13H14N6/c14-6-11-3-4-13(16-7-11)19-5-1-2-12(19)8-18-10-15-9-17-18/h3-4,7,9-10,12H,1-2,5,8H2/t12-/m0/s1. The molecule has 1 saturated heterocycles. The van der Waals surface area contributed by atoms with Gasteiger partial charge in [-0.15, -0.1) is 0 Å². The van der Waals surface area contributed by atoms with E-state index < -0.39 is 0 Å². The molecule has 0 saturated carbocycles. The van der Waals surface area contributed by atoms with Crippen LogP contribution in [0.1, 0.15) is 18.4 Å². The van der Waals surface area contributed by atoms with E-state index in [1.54, 1.807) is 18.9 Å². The lowest BCUT2D eigenvalue weighted by Crippen LogP contribution is -2.33. The maximum atomic E-state index is 8.79. The van der Waals surface area contributed by atoms with E-state index in [9.17, 15) is 0 Å². The minimum atomic E-state index is 0.391. The van der Waals surface area contributed by atoms with Crippen molar-refractivity contribution in [3.05, 3.63) is 36.5 Å². The topological polar surface area (TPSA) is 70.6 Å². The summed E-state index contributed by atoms with van der Waals surface area (Å²) < 4.78 is 1.85. The van der Waals surface area contributed by atoms with Gasteiger partial charge in [-0.3, -0.25) is 4.68 Å². The Kier molecular flexibility index (Phi) is 3.11.